The van der Waals surface area contributed by atoms with Crippen LogP contribution in [0.4, 0.5) is 5.69 Å². The maximum atomic E-state index is 14.0. The molecule has 0 saturated heterocycles. The standard InChI is InChI=1S/C31H30ClN3O5S/c1-21-9-16-26(17-10-21)41(37,38)35(20-23-11-14-25(32)15-12-23)28-8-6-5-7-27(28)31(36)34-33-22(2)24-13-18-29(39-3)30(19-24)40-4/h5-19H,20H2,1-4H3,(H,34,36)/b33-22+. The number of hydrogen-bond acceptors (Lipinski definition) is 6. The summed E-state index contributed by atoms with van der Waals surface area (Å²) >= 11 is 6.06. The quantitative estimate of drug-likeness (QED) is 0.175. The van der Waals surface area contributed by atoms with Crippen molar-refractivity contribution in [3.05, 3.63) is 118 Å². The summed E-state index contributed by atoms with van der Waals surface area (Å²) in [5.41, 5.74) is 5.76. The van der Waals surface area contributed by atoms with E-state index in [0.717, 1.165) is 5.56 Å². The SMILES string of the molecule is COc1ccc(/C(C)=N/NC(=O)c2ccccc2N(Cc2ccc(Cl)cc2)S(=O)(=O)c2ccc(C)cc2)cc1OC. The molecule has 0 aliphatic heterocycles. The number of nitrogens with one attached hydrogen (secondary N) is 1. The lowest BCUT2D eigenvalue weighted by Gasteiger charge is -2.26. The van der Waals surface area contributed by atoms with Gasteiger partial charge in [-0.15, -0.1) is 0 Å². The van der Waals surface area contributed by atoms with Gasteiger partial charge in [0.05, 0.1) is 42.6 Å². The lowest BCUT2D eigenvalue weighted by Crippen LogP contribution is -2.33. The number of halogens is 1. The Morgan fingerprint density at radius 3 is 2.22 bits per heavy atom. The summed E-state index contributed by atoms with van der Waals surface area (Å²) in [4.78, 5) is 13.5. The molecule has 1 amide bonds. The molecule has 10 heteroatoms. The van der Waals surface area contributed by atoms with Crippen LogP contribution >= 0.6 is 11.6 Å². The highest BCUT2D eigenvalue weighted by molar-refractivity contribution is 7.92. The molecule has 0 aliphatic carbocycles. The van der Waals surface area contributed by atoms with Crippen LogP contribution in [-0.4, -0.2) is 34.3 Å². The van der Waals surface area contributed by atoms with Gasteiger partial charge in [0.2, 0.25) is 0 Å². The van der Waals surface area contributed by atoms with Gasteiger partial charge in [-0.25, -0.2) is 13.8 Å². The van der Waals surface area contributed by atoms with Crippen LogP contribution in [0.5, 0.6) is 11.5 Å². The average molecular weight is 592 g/mol. The van der Waals surface area contributed by atoms with Gasteiger partial charge in [0, 0.05) is 10.6 Å². The number of carbonyl (C=O) groups is 1. The Balaban J connectivity index is 1.71. The number of anilines is 1. The molecule has 0 heterocycles. The largest absolute Gasteiger partial charge is 0.493 e. The Morgan fingerprint density at radius 2 is 1.56 bits per heavy atom. The van der Waals surface area contributed by atoms with E-state index < -0.39 is 15.9 Å². The van der Waals surface area contributed by atoms with Crippen LogP contribution in [0.25, 0.3) is 0 Å². The number of carbonyl (C=O) groups excluding carboxylic acids is 1. The number of ether oxygens (including phenoxy) is 2. The maximum absolute atomic E-state index is 14.0. The molecular weight excluding hydrogens is 562 g/mol. The van der Waals surface area contributed by atoms with E-state index >= 15 is 0 Å². The number of amides is 1. The number of benzene rings is 4. The van der Waals surface area contributed by atoms with Crippen LogP contribution in [0.15, 0.2) is 101 Å². The molecule has 212 valence electrons. The van der Waals surface area contributed by atoms with E-state index in [4.69, 9.17) is 21.1 Å². The van der Waals surface area contributed by atoms with E-state index in [1.165, 1.54) is 11.4 Å². The van der Waals surface area contributed by atoms with Crippen LogP contribution < -0.4 is 19.2 Å². The number of aryl methyl sites for hydroxylation is 1. The second-order valence-corrected chi connectivity index (χ2v) is 11.5. The summed E-state index contributed by atoms with van der Waals surface area (Å²) in [7, 11) is -0.983. The zero-order valence-corrected chi connectivity index (χ0v) is 24.7. The predicted molar refractivity (Wildman–Crippen MR) is 162 cm³/mol. The van der Waals surface area contributed by atoms with Crippen molar-refractivity contribution in [3.8, 4) is 11.5 Å². The molecule has 0 fully saturated rings. The van der Waals surface area contributed by atoms with Crippen LogP contribution in [0.3, 0.4) is 0 Å². The second-order valence-electron chi connectivity index (χ2n) is 9.18. The zero-order valence-electron chi connectivity index (χ0n) is 23.1. The van der Waals surface area contributed by atoms with Crippen molar-refractivity contribution in [2.45, 2.75) is 25.3 Å². The van der Waals surface area contributed by atoms with Gasteiger partial charge >= 0.3 is 0 Å². The number of methoxy groups -OCH3 is 2. The number of nitrogens with zero attached hydrogens (tertiary/aromatic N) is 2. The van der Waals surface area contributed by atoms with Gasteiger partial charge in [0.15, 0.2) is 11.5 Å². The van der Waals surface area contributed by atoms with Crippen molar-refractivity contribution in [1.82, 2.24) is 5.43 Å². The summed E-state index contributed by atoms with van der Waals surface area (Å²) in [5.74, 6) is 0.522. The van der Waals surface area contributed by atoms with Crippen LogP contribution in [0.1, 0.15) is 34.0 Å². The van der Waals surface area contributed by atoms with Crippen molar-refractivity contribution in [2.24, 2.45) is 5.10 Å². The van der Waals surface area contributed by atoms with Crippen molar-refractivity contribution in [2.75, 3.05) is 18.5 Å². The number of hydrogen-bond donors (Lipinski definition) is 1. The number of rotatable bonds is 10. The highest BCUT2D eigenvalue weighted by Gasteiger charge is 2.28. The fraction of sp³-hybridized carbons (Fsp3) is 0.161. The lowest BCUT2D eigenvalue weighted by molar-refractivity contribution is 0.0955. The zero-order chi connectivity index (χ0) is 29.6. The number of hydrazone groups is 1. The van der Waals surface area contributed by atoms with E-state index in [1.54, 1.807) is 105 Å². The monoisotopic (exact) mass is 591 g/mol. The third-order valence-electron chi connectivity index (χ3n) is 6.39. The van der Waals surface area contributed by atoms with Gasteiger partial charge in [-0.2, -0.15) is 5.10 Å². The summed E-state index contributed by atoms with van der Waals surface area (Å²) in [6.45, 7) is 3.60. The van der Waals surface area contributed by atoms with E-state index in [1.807, 2.05) is 6.92 Å². The molecule has 4 aromatic carbocycles. The van der Waals surface area contributed by atoms with Crippen molar-refractivity contribution in [3.63, 3.8) is 0 Å². The highest BCUT2D eigenvalue weighted by Crippen LogP contribution is 2.30. The van der Waals surface area contributed by atoms with Crippen LogP contribution in [0.2, 0.25) is 5.02 Å². The van der Waals surface area contributed by atoms with E-state index in [9.17, 15) is 13.2 Å². The van der Waals surface area contributed by atoms with Crippen LogP contribution in [-0.2, 0) is 16.6 Å². The van der Waals surface area contributed by atoms with Gasteiger partial charge in [-0.3, -0.25) is 9.10 Å². The highest BCUT2D eigenvalue weighted by atomic mass is 35.5. The molecule has 0 saturated carbocycles. The number of para-hydroxylation sites is 1. The van der Waals surface area contributed by atoms with Gasteiger partial charge < -0.3 is 9.47 Å². The van der Waals surface area contributed by atoms with E-state index in [0.29, 0.717) is 33.4 Å². The minimum Gasteiger partial charge on any atom is -0.493 e. The molecule has 0 atom stereocenters. The lowest BCUT2D eigenvalue weighted by atomic mass is 10.1. The molecule has 41 heavy (non-hydrogen) atoms. The van der Waals surface area contributed by atoms with Crippen molar-refractivity contribution >= 4 is 38.9 Å². The van der Waals surface area contributed by atoms with Crippen LogP contribution in [0, 0.1) is 6.92 Å². The molecule has 0 aromatic heterocycles. The maximum Gasteiger partial charge on any atom is 0.273 e. The summed E-state index contributed by atoms with van der Waals surface area (Å²) in [6.07, 6.45) is 0. The topological polar surface area (TPSA) is 97.3 Å². The van der Waals surface area contributed by atoms with Gasteiger partial charge in [0.25, 0.3) is 15.9 Å². The first-order valence-electron chi connectivity index (χ1n) is 12.6. The Hall–Kier alpha value is -4.34. The first-order valence-corrected chi connectivity index (χ1v) is 14.5. The van der Waals surface area contributed by atoms with E-state index in [2.05, 4.69) is 10.5 Å². The Bertz CT molecular complexity index is 1670. The molecule has 4 rings (SSSR count). The van der Waals surface area contributed by atoms with Crippen molar-refractivity contribution in [1.29, 1.82) is 0 Å². The minimum absolute atomic E-state index is 0.0222. The van der Waals surface area contributed by atoms with Gasteiger partial charge in [-0.1, -0.05) is 53.6 Å². The average Bonchev–Trinajstić information content (AvgIpc) is 2.99. The molecule has 0 aliphatic rings. The molecule has 0 spiro atoms. The normalized spacial score (nSPS) is 11.6. The molecule has 8 nitrogen and oxygen atoms in total. The van der Waals surface area contributed by atoms with E-state index in [-0.39, 0.29) is 22.7 Å². The number of sulfonamides is 1. The molecule has 1 N–H and O–H groups in total. The molecule has 0 radical (unpaired) electrons. The van der Waals surface area contributed by atoms with Gasteiger partial charge in [0.1, 0.15) is 0 Å². The summed E-state index contributed by atoms with van der Waals surface area (Å²) in [5, 5.41) is 4.80. The summed E-state index contributed by atoms with van der Waals surface area (Å²) < 4.78 is 39.8. The Kier molecular flexibility index (Phi) is 9.31. The fourth-order valence-electron chi connectivity index (χ4n) is 4.10. The van der Waals surface area contributed by atoms with Crippen molar-refractivity contribution < 1.29 is 22.7 Å². The molecule has 4 aromatic rings. The second kappa shape index (κ2) is 12.9. The first kappa shape index (κ1) is 29.6. The molecule has 0 bridgehead atoms. The fourth-order valence-corrected chi connectivity index (χ4v) is 5.69. The summed E-state index contributed by atoms with van der Waals surface area (Å²) in [6, 6.07) is 25.3. The first-order chi connectivity index (χ1) is 19.6. The predicted octanol–water partition coefficient (Wildman–Crippen LogP) is 6.22. The Morgan fingerprint density at radius 1 is 0.902 bits per heavy atom. The third kappa shape index (κ3) is 6.87. The minimum atomic E-state index is -4.07. The van der Waals surface area contributed by atoms with Gasteiger partial charge in [-0.05, 0) is 74.0 Å². The molecular formula is C31H30ClN3O5S. The Labute approximate surface area is 245 Å². The molecule has 0 unspecified atom stereocenters. The third-order valence-corrected chi connectivity index (χ3v) is 8.42. The smallest absolute Gasteiger partial charge is 0.273 e.